The molecule has 0 bridgehead atoms. The second-order valence-electron chi connectivity index (χ2n) is 5.98. The van der Waals surface area contributed by atoms with Crippen LogP contribution in [0.5, 0.6) is 0 Å². The number of anilines is 1. The molecule has 3 N–H and O–H groups in total. The summed E-state index contributed by atoms with van der Waals surface area (Å²) in [4.78, 5) is 11.8. The van der Waals surface area contributed by atoms with Crippen LogP contribution < -0.4 is 15.4 Å². The Hall–Kier alpha value is -2.39. The number of hydrogen-bond donors (Lipinski definition) is 3. The molecule has 0 aliphatic carbocycles. The summed E-state index contributed by atoms with van der Waals surface area (Å²) in [6, 6.07) is 8.09. The molecule has 2 rings (SSSR count). The van der Waals surface area contributed by atoms with Crippen LogP contribution in [0.15, 0.2) is 34.9 Å². The van der Waals surface area contributed by atoms with E-state index in [1.807, 2.05) is 0 Å². The number of nitrogens with one attached hydrogen (secondary N) is 3. The highest BCUT2D eigenvalue weighted by Crippen LogP contribution is 2.09. The van der Waals surface area contributed by atoms with Crippen LogP contribution in [0, 0.1) is 6.92 Å². The quantitative estimate of drug-likeness (QED) is 0.695. The molecule has 8 nitrogen and oxygen atoms in total. The lowest BCUT2D eigenvalue weighted by molar-refractivity contribution is 0.251. The summed E-state index contributed by atoms with van der Waals surface area (Å²) in [5.41, 5.74) is 1.53. The lowest BCUT2D eigenvalue weighted by atomic mass is 10.1. The van der Waals surface area contributed by atoms with Gasteiger partial charge in [0.15, 0.2) is 5.82 Å². The Morgan fingerprint density at radius 1 is 1.20 bits per heavy atom. The number of aryl methyl sites for hydroxylation is 1. The second-order valence-corrected chi connectivity index (χ2v) is 7.73. The van der Waals surface area contributed by atoms with Crippen molar-refractivity contribution in [2.75, 3.05) is 5.32 Å². The highest BCUT2D eigenvalue weighted by atomic mass is 32.2. The molecule has 0 saturated heterocycles. The zero-order valence-corrected chi connectivity index (χ0v) is 15.2. The number of urea groups is 1. The van der Waals surface area contributed by atoms with E-state index in [1.165, 1.54) is 0 Å². The van der Waals surface area contributed by atoms with Crippen molar-refractivity contribution in [3.8, 4) is 0 Å². The van der Waals surface area contributed by atoms with Crippen molar-refractivity contribution in [3.63, 3.8) is 0 Å². The zero-order valence-electron chi connectivity index (χ0n) is 14.4. The molecule has 0 radical (unpaired) electrons. The number of carbonyl (C=O) groups is 1. The third-order valence-corrected chi connectivity index (χ3v) is 4.66. The van der Waals surface area contributed by atoms with Gasteiger partial charge in [0.25, 0.3) is 0 Å². The first-order chi connectivity index (χ1) is 11.7. The third-order valence-electron chi connectivity index (χ3n) is 3.12. The number of aromatic nitrogens is 1. The number of amides is 2. The van der Waals surface area contributed by atoms with Gasteiger partial charge >= 0.3 is 6.03 Å². The molecule has 0 aliphatic heterocycles. The monoisotopic (exact) mass is 366 g/mol. The first-order valence-corrected chi connectivity index (χ1v) is 9.45. The lowest BCUT2D eigenvalue weighted by Gasteiger charge is -2.10. The van der Waals surface area contributed by atoms with Crippen LogP contribution in [0.1, 0.15) is 30.7 Å². The third kappa shape index (κ3) is 6.55. The highest BCUT2D eigenvalue weighted by molar-refractivity contribution is 7.88. The molecule has 9 heteroatoms. The zero-order chi connectivity index (χ0) is 18.4. The summed E-state index contributed by atoms with van der Waals surface area (Å²) < 4.78 is 31.2. The smallest absolute Gasteiger partial charge is 0.320 e. The lowest BCUT2D eigenvalue weighted by Crippen LogP contribution is -2.31. The van der Waals surface area contributed by atoms with Gasteiger partial charge in [0.05, 0.1) is 5.75 Å². The number of nitrogens with zero attached hydrogens (tertiary/aromatic N) is 1. The van der Waals surface area contributed by atoms with Crippen LogP contribution >= 0.6 is 0 Å². The first kappa shape index (κ1) is 18.9. The summed E-state index contributed by atoms with van der Waals surface area (Å²) in [7, 11) is -3.35. The molecule has 1 aromatic heterocycles. The van der Waals surface area contributed by atoms with Crippen LogP contribution in [0.3, 0.4) is 0 Å². The summed E-state index contributed by atoms with van der Waals surface area (Å²) >= 11 is 0. The van der Waals surface area contributed by atoms with E-state index >= 15 is 0 Å². The fraction of sp³-hybridized carbons (Fsp3) is 0.375. The molecule has 1 heterocycles. The minimum Gasteiger partial charge on any atom is -0.360 e. The van der Waals surface area contributed by atoms with E-state index in [0.29, 0.717) is 23.7 Å². The predicted molar refractivity (Wildman–Crippen MR) is 94.4 cm³/mol. The van der Waals surface area contributed by atoms with Crippen molar-refractivity contribution in [2.24, 2.45) is 0 Å². The fourth-order valence-corrected chi connectivity index (χ4v) is 3.57. The molecule has 0 unspecified atom stereocenters. The van der Waals surface area contributed by atoms with Gasteiger partial charge < -0.3 is 9.84 Å². The molecule has 0 atom stereocenters. The van der Waals surface area contributed by atoms with Gasteiger partial charge in [0, 0.05) is 18.7 Å². The molecule has 25 heavy (non-hydrogen) atoms. The first-order valence-electron chi connectivity index (χ1n) is 7.79. The maximum Gasteiger partial charge on any atom is 0.320 e. The van der Waals surface area contributed by atoms with Gasteiger partial charge in [-0.05, 0) is 31.9 Å². The summed E-state index contributed by atoms with van der Waals surface area (Å²) in [6.45, 7) is 5.59. The minimum absolute atomic E-state index is 0.0785. The van der Waals surface area contributed by atoms with Gasteiger partial charge in [-0.1, -0.05) is 29.4 Å². The van der Waals surface area contributed by atoms with E-state index in [-0.39, 0.29) is 11.8 Å². The number of rotatable bonds is 7. The van der Waals surface area contributed by atoms with Crippen molar-refractivity contribution < 1.29 is 17.7 Å². The molecular formula is C16H22N4O4S. The predicted octanol–water partition coefficient (Wildman–Crippen LogP) is 2.13. The molecule has 2 amide bonds. The van der Waals surface area contributed by atoms with Crippen LogP contribution in [-0.4, -0.2) is 25.6 Å². The van der Waals surface area contributed by atoms with Crippen molar-refractivity contribution in [1.29, 1.82) is 0 Å². The van der Waals surface area contributed by atoms with Gasteiger partial charge in [0.2, 0.25) is 10.0 Å². The highest BCUT2D eigenvalue weighted by Gasteiger charge is 2.13. The van der Waals surface area contributed by atoms with E-state index in [2.05, 4.69) is 20.5 Å². The second kappa shape index (κ2) is 8.13. The molecule has 1 aromatic carbocycles. The Morgan fingerprint density at radius 2 is 1.84 bits per heavy atom. The Morgan fingerprint density at radius 3 is 2.40 bits per heavy atom. The van der Waals surface area contributed by atoms with E-state index in [9.17, 15) is 13.2 Å². The van der Waals surface area contributed by atoms with Crippen LogP contribution in [-0.2, 0) is 22.3 Å². The van der Waals surface area contributed by atoms with Crippen LogP contribution in [0.2, 0.25) is 0 Å². The average molecular weight is 366 g/mol. The summed E-state index contributed by atoms with van der Waals surface area (Å²) in [6.07, 6.45) is 0. The fourth-order valence-electron chi connectivity index (χ4n) is 2.14. The molecule has 0 fully saturated rings. The van der Waals surface area contributed by atoms with E-state index in [1.54, 1.807) is 51.1 Å². The average Bonchev–Trinajstić information content (AvgIpc) is 2.90. The van der Waals surface area contributed by atoms with Crippen molar-refractivity contribution in [1.82, 2.24) is 15.2 Å². The normalized spacial score (nSPS) is 11.5. The standard InChI is InChI=1S/C16H22N4O4S/c1-11(2)20-25(22,23)10-14-6-4-13(5-7-14)9-17-16(21)18-15-8-12(3)24-19-15/h4-8,11,20H,9-10H2,1-3H3,(H2,17,18,19,21). The molecular weight excluding hydrogens is 344 g/mol. The number of benzene rings is 1. The molecule has 0 aliphatic rings. The maximum absolute atomic E-state index is 11.9. The summed E-state index contributed by atoms with van der Waals surface area (Å²) in [5.74, 6) is 0.867. The summed E-state index contributed by atoms with van der Waals surface area (Å²) in [5, 5.41) is 8.91. The Bertz CT molecular complexity index is 813. The van der Waals surface area contributed by atoms with Gasteiger partial charge in [-0.2, -0.15) is 0 Å². The van der Waals surface area contributed by atoms with E-state index in [4.69, 9.17) is 4.52 Å². The molecule has 136 valence electrons. The number of carbonyl (C=O) groups excluding carboxylic acids is 1. The Balaban J connectivity index is 1.84. The largest absolute Gasteiger partial charge is 0.360 e. The van der Waals surface area contributed by atoms with Gasteiger partial charge in [-0.3, -0.25) is 5.32 Å². The minimum atomic E-state index is -3.35. The Labute approximate surface area is 147 Å². The van der Waals surface area contributed by atoms with Crippen molar-refractivity contribution in [2.45, 2.75) is 39.1 Å². The van der Waals surface area contributed by atoms with Crippen molar-refractivity contribution in [3.05, 3.63) is 47.2 Å². The Kier molecular flexibility index (Phi) is 6.16. The van der Waals surface area contributed by atoms with E-state index < -0.39 is 16.1 Å². The molecule has 0 spiro atoms. The maximum atomic E-state index is 11.9. The number of hydrogen-bond acceptors (Lipinski definition) is 5. The van der Waals surface area contributed by atoms with Gasteiger partial charge in [-0.15, -0.1) is 0 Å². The van der Waals surface area contributed by atoms with Gasteiger partial charge in [-0.25, -0.2) is 17.9 Å². The number of sulfonamides is 1. The SMILES string of the molecule is Cc1cc(NC(=O)NCc2ccc(CS(=O)(=O)NC(C)C)cc2)no1. The van der Waals surface area contributed by atoms with Crippen molar-refractivity contribution >= 4 is 21.9 Å². The molecule has 0 saturated carbocycles. The van der Waals surface area contributed by atoms with Gasteiger partial charge in [0.1, 0.15) is 5.76 Å². The molecule has 2 aromatic rings. The topological polar surface area (TPSA) is 113 Å². The van der Waals surface area contributed by atoms with Crippen LogP contribution in [0.4, 0.5) is 10.6 Å². The van der Waals surface area contributed by atoms with Crippen LogP contribution in [0.25, 0.3) is 0 Å². The van der Waals surface area contributed by atoms with E-state index in [0.717, 1.165) is 5.56 Å².